The Morgan fingerprint density at radius 1 is 0.949 bits per heavy atom. The van der Waals surface area contributed by atoms with Crippen molar-refractivity contribution in [3.63, 3.8) is 0 Å². The second kappa shape index (κ2) is 11.4. The Hall–Kier alpha value is -3.29. The lowest BCUT2D eigenvalue weighted by molar-refractivity contribution is -0.118. The predicted octanol–water partition coefficient (Wildman–Crippen LogP) is 6.45. The van der Waals surface area contributed by atoms with Crippen molar-refractivity contribution in [1.29, 1.82) is 0 Å². The van der Waals surface area contributed by atoms with E-state index in [9.17, 15) is 14.4 Å². The smallest absolute Gasteiger partial charge is 0.262 e. The zero-order valence-corrected chi connectivity index (χ0v) is 23.5. The third-order valence-electron chi connectivity index (χ3n) is 7.41. The highest BCUT2D eigenvalue weighted by molar-refractivity contribution is 6.33. The van der Waals surface area contributed by atoms with Gasteiger partial charge >= 0.3 is 0 Å². The van der Waals surface area contributed by atoms with Crippen molar-refractivity contribution < 1.29 is 23.9 Å². The maximum atomic E-state index is 13.3. The van der Waals surface area contributed by atoms with Crippen LogP contribution < -0.4 is 14.8 Å². The summed E-state index contributed by atoms with van der Waals surface area (Å²) in [6.07, 6.45) is 4.06. The molecule has 5 rings (SSSR count). The van der Waals surface area contributed by atoms with Crippen LogP contribution in [0, 0.1) is 0 Å². The van der Waals surface area contributed by atoms with Crippen molar-refractivity contribution in [2.75, 3.05) is 25.6 Å². The van der Waals surface area contributed by atoms with Gasteiger partial charge in [0.1, 0.15) is 0 Å². The van der Waals surface area contributed by atoms with Crippen LogP contribution in [0.2, 0.25) is 10.0 Å². The molecule has 0 radical (unpaired) electrons. The Kier molecular flexibility index (Phi) is 8.01. The number of benzene rings is 2. The standard InChI is InChI=1S/C30H30Cl2N2O5/c1-3-38-25-15-17(14-19(32)30(25)39-16-26(37)33-20-9-5-4-8-18(20)31)27-28-21(10-6-12-23(28)35)34(2)22-11-7-13-24(36)29(22)27/h4-5,8-9,14-15,27H,3,6-7,10-13,16H2,1-2H3,(H,33,37). The summed E-state index contributed by atoms with van der Waals surface area (Å²) < 4.78 is 11.7. The second-order valence-electron chi connectivity index (χ2n) is 9.85. The van der Waals surface area contributed by atoms with Gasteiger partial charge in [0.2, 0.25) is 0 Å². The molecule has 0 saturated heterocycles. The van der Waals surface area contributed by atoms with Gasteiger partial charge in [-0.1, -0.05) is 35.3 Å². The highest BCUT2D eigenvalue weighted by Crippen LogP contribution is 2.50. The molecule has 9 heteroatoms. The lowest BCUT2D eigenvalue weighted by Gasteiger charge is -2.42. The van der Waals surface area contributed by atoms with E-state index in [4.69, 9.17) is 32.7 Å². The van der Waals surface area contributed by atoms with Crippen LogP contribution in [0.15, 0.2) is 58.9 Å². The Morgan fingerprint density at radius 2 is 1.59 bits per heavy atom. The summed E-state index contributed by atoms with van der Waals surface area (Å²) in [6.45, 7) is 1.84. The van der Waals surface area contributed by atoms with Crippen molar-refractivity contribution in [3.8, 4) is 11.5 Å². The number of nitrogens with zero attached hydrogens (tertiary/aromatic N) is 1. The maximum absolute atomic E-state index is 13.3. The molecule has 0 unspecified atom stereocenters. The Labute approximate surface area is 237 Å². The molecule has 2 aliphatic carbocycles. The van der Waals surface area contributed by atoms with E-state index in [1.165, 1.54) is 0 Å². The quantitative estimate of drug-likeness (QED) is 0.413. The number of amides is 1. The monoisotopic (exact) mass is 568 g/mol. The second-order valence-corrected chi connectivity index (χ2v) is 10.7. The van der Waals surface area contributed by atoms with Gasteiger partial charge in [-0.05, 0) is 62.4 Å². The van der Waals surface area contributed by atoms with Gasteiger partial charge in [0.25, 0.3) is 5.91 Å². The number of Topliss-reactive ketones (excluding diaryl/α,β-unsaturated/α-hetero) is 2. The normalized spacial score (nSPS) is 17.7. The largest absolute Gasteiger partial charge is 0.490 e. The number of hydrogen-bond acceptors (Lipinski definition) is 6. The molecule has 2 aromatic carbocycles. The van der Waals surface area contributed by atoms with Crippen LogP contribution in [-0.4, -0.2) is 42.6 Å². The van der Waals surface area contributed by atoms with Crippen LogP contribution in [0.4, 0.5) is 5.69 Å². The third kappa shape index (κ3) is 5.30. The number of nitrogens with one attached hydrogen (secondary N) is 1. The predicted molar refractivity (Wildman–Crippen MR) is 150 cm³/mol. The Morgan fingerprint density at radius 3 is 2.21 bits per heavy atom. The zero-order chi connectivity index (χ0) is 27.7. The van der Waals surface area contributed by atoms with Gasteiger partial charge in [-0.25, -0.2) is 0 Å². The number of halogens is 2. The maximum Gasteiger partial charge on any atom is 0.262 e. The highest BCUT2D eigenvalue weighted by atomic mass is 35.5. The number of carbonyl (C=O) groups excluding carboxylic acids is 3. The summed E-state index contributed by atoms with van der Waals surface area (Å²) in [5.74, 6) is -0.238. The first-order valence-corrected chi connectivity index (χ1v) is 13.9. The molecule has 204 valence electrons. The third-order valence-corrected chi connectivity index (χ3v) is 8.02. The molecule has 0 fully saturated rings. The molecule has 0 atom stereocenters. The number of hydrogen-bond donors (Lipinski definition) is 1. The molecule has 39 heavy (non-hydrogen) atoms. The van der Waals surface area contributed by atoms with Gasteiger partial charge in [-0.2, -0.15) is 0 Å². The molecule has 1 N–H and O–H groups in total. The van der Waals surface area contributed by atoms with E-state index in [2.05, 4.69) is 10.2 Å². The minimum atomic E-state index is -0.513. The van der Waals surface area contributed by atoms with Crippen LogP contribution in [0.25, 0.3) is 0 Å². The topological polar surface area (TPSA) is 84.9 Å². The van der Waals surface area contributed by atoms with Crippen molar-refractivity contribution in [3.05, 3.63) is 74.5 Å². The van der Waals surface area contributed by atoms with Crippen molar-refractivity contribution in [2.24, 2.45) is 0 Å². The first-order valence-electron chi connectivity index (χ1n) is 13.2. The lowest BCUT2D eigenvalue weighted by atomic mass is 9.71. The van der Waals surface area contributed by atoms with Crippen molar-refractivity contribution in [1.82, 2.24) is 4.90 Å². The van der Waals surface area contributed by atoms with Gasteiger partial charge in [0.15, 0.2) is 29.7 Å². The molecule has 1 aliphatic heterocycles. The summed E-state index contributed by atoms with van der Waals surface area (Å²) in [6, 6.07) is 10.4. The number of anilines is 1. The summed E-state index contributed by atoms with van der Waals surface area (Å²) in [5, 5.41) is 3.37. The molecule has 0 saturated carbocycles. The molecular weight excluding hydrogens is 539 g/mol. The number of carbonyl (C=O) groups is 3. The minimum absolute atomic E-state index is 0.0590. The molecule has 0 spiro atoms. The van der Waals surface area contributed by atoms with E-state index < -0.39 is 11.8 Å². The van der Waals surface area contributed by atoms with Crippen molar-refractivity contribution >= 4 is 46.4 Å². The summed E-state index contributed by atoms with van der Waals surface area (Å²) in [4.78, 5) is 41.2. The first-order chi connectivity index (χ1) is 18.8. The first kappa shape index (κ1) is 27.3. The van der Waals surface area contributed by atoms with Gasteiger partial charge in [0.05, 0.1) is 22.3 Å². The van der Waals surface area contributed by atoms with E-state index in [0.29, 0.717) is 52.6 Å². The van der Waals surface area contributed by atoms with Crippen LogP contribution in [0.1, 0.15) is 56.9 Å². The SMILES string of the molecule is CCOc1cc(C2C3=C(CCCC3=O)N(C)C3=C2C(=O)CCC3)cc(Cl)c1OCC(=O)Nc1ccccc1Cl. The molecule has 0 bridgehead atoms. The van der Waals surface area contributed by atoms with E-state index in [-0.39, 0.29) is 28.9 Å². The Balaban J connectivity index is 1.50. The van der Waals surface area contributed by atoms with Crippen LogP contribution >= 0.6 is 23.2 Å². The number of ether oxygens (including phenoxy) is 2. The van der Waals surface area contributed by atoms with E-state index in [1.54, 1.807) is 36.4 Å². The fourth-order valence-corrected chi connectivity index (χ4v) is 6.19. The number of ketones is 2. The molecule has 1 heterocycles. The summed E-state index contributed by atoms with van der Waals surface area (Å²) in [5.41, 5.74) is 4.48. The fourth-order valence-electron chi connectivity index (χ4n) is 5.73. The summed E-state index contributed by atoms with van der Waals surface area (Å²) >= 11 is 12.9. The van der Waals surface area contributed by atoms with Crippen LogP contribution in [0.5, 0.6) is 11.5 Å². The zero-order valence-electron chi connectivity index (χ0n) is 21.9. The molecule has 2 aromatic rings. The number of para-hydroxylation sites is 1. The van der Waals surface area contributed by atoms with Crippen LogP contribution in [0.3, 0.4) is 0 Å². The lowest BCUT2D eigenvalue weighted by Crippen LogP contribution is -2.37. The average molecular weight is 569 g/mol. The van der Waals surface area contributed by atoms with E-state index in [1.807, 2.05) is 14.0 Å². The van der Waals surface area contributed by atoms with E-state index >= 15 is 0 Å². The molecule has 7 nitrogen and oxygen atoms in total. The minimum Gasteiger partial charge on any atom is -0.490 e. The van der Waals surface area contributed by atoms with Gasteiger partial charge in [-0.3, -0.25) is 14.4 Å². The molecule has 1 amide bonds. The van der Waals surface area contributed by atoms with Gasteiger partial charge < -0.3 is 19.7 Å². The molecule has 3 aliphatic rings. The fraction of sp³-hybridized carbons (Fsp3) is 0.367. The number of rotatable bonds is 7. The summed E-state index contributed by atoms with van der Waals surface area (Å²) in [7, 11) is 1.96. The van der Waals surface area contributed by atoms with Gasteiger partial charge in [0, 0.05) is 48.3 Å². The molecular formula is C30H30Cl2N2O5. The highest BCUT2D eigenvalue weighted by Gasteiger charge is 2.42. The van der Waals surface area contributed by atoms with Crippen molar-refractivity contribution in [2.45, 2.75) is 51.4 Å². The van der Waals surface area contributed by atoms with Gasteiger partial charge in [-0.15, -0.1) is 0 Å². The Bertz CT molecular complexity index is 1370. The van der Waals surface area contributed by atoms with E-state index in [0.717, 1.165) is 37.1 Å². The van der Waals surface area contributed by atoms with Crippen LogP contribution in [-0.2, 0) is 14.4 Å². The number of allylic oxidation sites excluding steroid dienone is 4. The molecule has 0 aromatic heterocycles. The average Bonchev–Trinajstić information content (AvgIpc) is 2.91.